The number of rotatable bonds is 3. The van der Waals surface area contributed by atoms with Gasteiger partial charge in [0.2, 0.25) is 0 Å². The van der Waals surface area contributed by atoms with Crippen LogP contribution in [0.2, 0.25) is 0 Å². The van der Waals surface area contributed by atoms with Gasteiger partial charge in [0, 0.05) is 23.5 Å². The number of nitrogens with zero attached hydrogens (tertiary/aromatic N) is 3. The number of amides is 1. The van der Waals surface area contributed by atoms with Gasteiger partial charge in [-0.1, -0.05) is 48.5 Å². The van der Waals surface area contributed by atoms with Crippen LogP contribution in [0.5, 0.6) is 0 Å². The maximum absolute atomic E-state index is 12.6. The molecular weight excluding hydrogens is 312 g/mol. The maximum Gasteiger partial charge on any atom is 0.259 e. The lowest BCUT2D eigenvalue weighted by Crippen LogP contribution is -2.16. The van der Waals surface area contributed by atoms with E-state index in [0.717, 1.165) is 22.6 Å². The predicted molar refractivity (Wildman–Crippen MR) is 97.6 cm³/mol. The van der Waals surface area contributed by atoms with Crippen LogP contribution in [0.4, 0.5) is 5.69 Å². The number of aryl methyl sites for hydroxylation is 1. The van der Waals surface area contributed by atoms with Crippen molar-refractivity contribution >= 4 is 17.2 Å². The van der Waals surface area contributed by atoms with E-state index in [1.165, 1.54) is 0 Å². The number of anilines is 1. The van der Waals surface area contributed by atoms with Crippen LogP contribution in [0.15, 0.2) is 72.9 Å². The average Bonchev–Trinajstić information content (AvgIpc) is 3.09. The monoisotopic (exact) mass is 328 g/mol. The third kappa shape index (κ3) is 2.87. The summed E-state index contributed by atoms with van der Waals surface area (Å²) in [5, 5.41) is 7.49. The molecule has 0 bridgehead atoms. The van der Waals surface area contributed by atoms with Gasteiger partial charge in [-0.15, -0.1) is 0 Å². The second-order valence-electron chi connectivity index (χ2n) is 5.74. The first-order valence-corrected chi connectivity index (χ1v) is 7.99. The molecule has 0 saturated carbocycles. The fourth-order valence-corrected chi connectivity index (χ4v) is 2.74. The number of para-hydroxylation sites is 1. The molecule has 2 aromatic heterocycles. The summed E-state index contributed by atoms with van der Waals surface area (Å²) in [7, 11) is 0. The van der Waals surface area contributed by atoms with Gasteiger partial charge in [0.05, 0.1) is 17.0 Å². The maximum atomic E-state index is 12.6. The molecule has 0 fully saturated rings. The first-order valence-electron chi connectivity index (χ1n) is 7.99. The standard InChI is InChI=1S/C20H16N4O/c1-14-17(20(25)22-16-10-6-3-7-11-16)13-21-19-12-18(23-24(14)19)15-8-4-2-5-9-15/h2-13H,1H3,(H,22,25). The van der Waals surface area contributed by atoms with E-state index in [1.54, 1.807) is 10.7 Å². The zero-order chi connectivity index (χ0) is 17.2. The third-order valence-electron chi connectivity index (χ3n) is 4.07. The Morgan fingerprint density at radius 2 is 1.68 bits per heavy atom. The second-order valence-corrected chi connectivity index (χ2v) is 5.74. The number of hydrogen-bond donors (Lipinski definition) is 1. The minimum atomic E-state index is -0.199. The zero-order valence-corrected chi connectivity index (χ0v) is 13.7. The highest BCUT2D eigenvalue weighted by atomic mass is 16.1. The van der Waals surface area contributed by atoms with E-state index >= 15 is 0 Å². The lowest BCUT2D eigenvalue weighted by molar-refractivity contribution is 0.102. The van der Waals surface area contributed by atoms with Crippen molar-refractivity contribution in [2.45, 2.75) is 6.92 Å². The minimum absolute atomic E-state index is 0.199. The average molecular weight is 328 g/mol. The van der Waals surface area contributed by atoms with Crippen molar-refractivity contribution in [2.24, 2.45) is 0 Å². The predicted octanol–water partition coefficient (Wildman–Crippen LogP) is 3.96. The van der Waals surface area contributed by atoms with Crippen LogP contribution in [0.3, 0.4) is 0 Å². The molecule has 5 heteroatoms. The van der Waals surface area contributed by atoms with Gasteiger partial charge in [0.15, 0.2) is 5.65 Å². The van der Waals surface area contributed by atoms with E-state index in [4.69, 9.17) is 0 Å². The summed E-state index contributed by atoms with van der Waals surface area (Å²) in [5.74, 6) is -0.199. The summed E-state index contributed by atoms with van der Waals surface area (Å²) < 4.78 is 1.71. The van der Waals surface area contributed by atoms with E-state index in [0.29, 0.717) is 11.2 Å². The summed E-state index contributed by atoms with van der Waals surface area (Å²) >= 11 is 0. The van der Waals surface area contributed by atoms with Gasteiger partial charge in [-0.05, 0) is 19.1 Å². The van der Waals surface area contributed by atoms with Crippen molar-refractivity contribution in [1.29, 1.82) is 0 Å². The van der Waals surface area contributed by atoms with Crippen LogP contribution in [0, 0.1) is 6.92 Å². The van der Waals surface area contributed by atoms with Crippen LogP contribution in [0.1, 0.15) is 16.1 Å². The molecule has 0 atom stereocenters. The molecule has 0 spiro atoms. The molecule has 1 N–H and O–H groups in total. The van der Waals surface area contributed by atoms with Gasteiger partial charge >= 0.3 is 0 Å². The molecule has 2 aromatic carbocycles. The Morgan fingerprint density at radius 3 is 2.40 bits per heavy atom. The van der Waals surface area contributed by atoms with Crippen LogP contribution < -0.4 is 5.32 Å². The Kier molecular flexibility index (Phi) is 3.74. The van der Waals surface area contributed by atoms with Crippen molar-refractivity contribution in [3.63, 3.8) is 0 Å². The van der Waals surface area contributed by atoms with E-state index < -0.39 is 0 Å². The molecule has 0 radical (unpaired) electrons. The molecule has 25 heavy (non-hydrogen) atoms. The normalized spacial score (nSPS) is 10.8. The molecule has 1 amide bonds. The Morgan fingerprint density at radius 1 is 1.00 bits per heavy atom. The summed E-state index contributed by atoms with van der Waals surface area (Å²) in [5.41, 5.74) is 4.56. The molecule has 0 aliphatic carbocycles. The Hall–Kier alpha value is -3.47. The van der Waals surface area contributed by atoms with Gasteiger partial charge in [-0.3, -0.25) is 4.79 Å². The Labute approximate surface area is 145 Å². The summed E-state index contributed by atoms with van der Waals surface area (Å²) in [4.78, 5) is 17.0. The lowest BCUT2D eigenvalue weighted by atomic mass is 10.2. The first-order chi connectivity index (χ1) is 12.2. The smallest absolute Gasteiger partial charge is 0.259 e. The molecule has 2 heterocycles. The highest BCUT2D eigenvalue weighted by molar-refractivity contribution is 6.04. The highest BCUT2D eigenvalue weighted by Gasteiger charge is 2.15. The van der Waals surface area contributed by atoms with Crippen LogP contribution in [-0.2, 0) is 0 Å². The molecule has 122 valence electrons. The fraction of sp³-hybridized carbons (Fsp3) is 0.0500. The number of carbonyl (C=O) groups excluding carboxylic acids is 1. The SMILES string of the molecule is Cc1c(C(=O)Nc2ccccc2)cnc2cc(-c3ccccc3)nn12. The van der Waals surface area contributed by atoms with Gasteiger partial charge < -0.3 is 5.32 Å². The molecule has 5 nitrogen and oxygen atoms in total. The third-order valence-corrected chi connectivity index (χ3v) is 4.07. The summed E-state index contributed by atoms with van der Waals surface area (Å²) in [6.45, 7) is 1.87. The fourth-order valence-electron chi connectivity index (χ4n) is 2.74. The summed E-state index contributed by atoms with van der Waals surface area (Å²) in [6.07, 6.45) is 1.60. The van der Waals surface area contributed by atoms with Gasteiger partial charge in [0.25, 0.3) is 5.91 Å². The zero-order valence-electron chi connectivity index (χ0n) is 13.7. The molecular formula is C20H16N4O. The Balaban J connectivity index is 1.71. The van der Waals surface area contributed by atoms with Crippen molar-refractivity contribution in [2.75, 3.05) is 5.32 Å². The number of hydrogen-bond acceptors (Lipinski definition) is 3. The first kappa shape index (κ1) is 15.1. The number of carbonyl (C=O) groups is 1. The Bertz CT molecular complexity index is 1040. The molecule has 4 rings (SSSR count). The number of aromatic nitrogens is 3. The summed E-state index contributed by atoms with van der Waals surface area (Å²) in [6, 6.07) is 21.2. The van der Waals surface area contributed by atoms with Crippen LogP contribution in [-0.4, -0.2) is 20.5 Å². The largest absolute Gasteiger partial charge is 0.322 e. The molecule has 0 unspecified atom stereocenters. The van der Waals surface area contributed by atoms with Crippen LogP contribution in [0.25, 0.3) is 16.9 Å². The van der Waals surface area contributed by atoms with Gasteiger partial charge in [0.1, 0.15) is 0 Å². The number of fused-ring (bicyclic) bond motifs is 1. The quantitative estimate of drug-likeness (QED) is 0.619. The molecule has 0 aliphatic heterocycles. The molecule has 4 aromatic rings. The highest BCUT2D eigenvalue weighted by Crippen LogP contribution is 2.20. The number of nitrogens with one attached hydrogen (secondary N) is 1. The number of benzene rings is 2. The van der Waals surface area contributed by atoms with Crippen molar-refractivity contribution in [3.05, 3.63) is 84.2 Å². The van der Waals surface area contributed by atoms with Gasteiger partial charge in [-0.25, -0.2) is 9.50 Å². The van der Waals surface area contributed by atoms with Crippen LogP contribution >= 0.6 is 0 Å². The van der Waals surface area contributed by atoms with Crippen molar-refractivity contribution < 1.29 is 4.79 Å². The van der Waals surface area contributed by atoms with Crippen molar-refractivity contribution in [1.82, 2.24) is 14.6 Å². The molecule has 0 saturated heterocycles. The van der Waals surface area contributed by atoms with E-state index in [1.807, 2.05) is 73.7 Å². The minimum Gasteiger partial charge on any atom is -0.322 e. The lowest BCUT2D eigenvalue weighted by Gasteiger charge is -2.08. The van der Waals surface area contributed by atoms with E-state index in [-0.39, 0.29) is 5.91 Å². The molecule has 0 aliphatic rings. The van der Waals surface area contributed by atoms with E-state index in [9.17, 15) is 4.79 Å². The van der Waals surface area contributed by atoms with Crippen molar-refractivity contribution in [3.8, 4) is 11.3 Å². The van der Waals surface area contributed by atoms with E-state index in [2.05, 4.69) is 15.4 Å². The second kappa shape index (κ2) is 6.20. The topological polar surface area (TPSA) is 59.3 Å². The van der Waals surface area contributed by atoms with Gasteiger partial charge in [-0.2, -0.15) is 5.10 Å².